The topological polar surface area (TPSA) is 46.6 Å². The summed E-state index contributed by atoms with van der Waals surface area (Å²) < 4.78 is 5.04. The van der Waals surface area contributed by atoms with Crippen molar-refractivity contribution in [3.8, 4) is 0 Å². The molecule has 1 aromatic rings. The summed E-state index contributed by atoms with van der Waals surface area (Å²) in [4.78, 5) is 25.7. The van der Waals surface area contributed by atoms with Gasteiger partial charge in [0.25, 0.3) is 0 Å². The van der Waals surface area contributed by atoms with Crippen LogP contribution in [0.1, 0.15) is 25.3 Å². The Labute approximate surface area is 135 Å². The normalized spacial score (nSPS) is 18.5. The Hall–Kier alpha value is -1.81. The van der Waals surface area contributed by atoms with Crippen LogP contribution in [0.5, 0.6) is 0 Å². The van der Waals surface area contributed by atoms with Crippen LogP contribution in [-0.2, 0) is 14.3 Å². The van der Waals surface area contributed by atoms with Crippen LogP contribution in [0.3, 0.4) is 0 Å². The van der Waals surface area contributed by atoms with Gasteiger partial charge in [-0.15, -0.1) is 0 Å². The zero-order valence-electron chi connectivity index (χ0n) is 12.6. The number of piperidine rings is 1. The van der Waals surface area contributed by atoms with Gasteiger partial charge in [0.2, 0.25) is 5.91 Å². The number of rotatable bonds is 4. The molecule has 0 radical (unpaired) electrons. The fraction of sp³-hybridized carbons (Fsp3) is 0.412. The van der Waals surface area contributed by atoms with E-state index in [1.54, 1.807) is 24.0 Å². The molecule has 1 fully saturated rings. The number of ether oxygens (including phenoxy) is 1. The standard InChI is InChI=1S/C17H20ClNO3/c1-2-22-17(21)14-7-5-11-19(12-14)16(20)10-9-13-6-3-4-8-15(13)18/h3-4,6,8-10,14H,2,5,7,11-12H2,1H3/b10-9+. The minimum Gasteiger partial charge on any atom is -0.466 e. The highest BCUT2D eigenvalue weighted by Crippen LogP contribution is 2.19. The van der Waals surface area contributed by atoms with E-state index in [4.69, 9.17) is 16.3 Å². The molecule has 1 unspecified atom stereocenters. The lowest BCUT2D eigenvalue weighted by Crippen LogP contribution is -2.42. The Balaban J connectivity index is 1.97. The summed E-state index contributed by atoms with van der Waals surface area (Å²) in [6.07, 6.45) is 4.80. The summed E-state index contributed by atoms with van der Waals surface area (Å²) in [5.74, 6) is -0.532. The molecule has 1 amide bonds. The van der Waals surface area contributed by atoms with E-state index in [0.717, 1.165) is 18.4 Å². The molecule has 1 aliphatic heterocycles. The van der Waals surface area contributed by atoms with Gasteiger partial charge in [0, 0.05) is 24.2 Å². The second-order valence-corrected chi connectivity index (χ2v) is 5.64. The van der Waals surface area contributed by atoms with Crippen molar-refractivity contribution in [2.75, 3.05) is 19.7 Å². The fourth-order valence-corrected chi connectivity index (χ4v) is 2.71. The van der Waals surface area contributed by atoms with Gasteiger partial charge in [-0.3, -0.25) is 9.59 Å². The second kappa shape index (κ2) is 7.99. The third-order valence-electron chi connectivity index (χ3n) is 3.66. The number of likely N-dealkylation sites (tertiary alicyclic amines) is 1. The summed E-state index contributed by atoms with van der Waals surface area (Å²) in [5.41, 5.74) is 0.802. The lowest BCUT2D eigenvalue weighted by atomic mass is 9.98. The van der Waals surface area contributed by atoms with E-state index in [2.05, 4.69) is 0 Å². The quantitative estimate of drug-likeness (QED) is 0.632. The first-order chi connectivity index (χ1) is 10.6. The molecule has 1 heterocycles. The van der Waals surface area contributed by atoms with Gasteiger partial charge in [-0.05, 0) is 37.5 Å². The molecule has 118 valence electrons. The fourth-order valence-electron chi connectivity index (χ4n) is 2.51. The number of hydrogen-bond acceptors (Lipinski definition) is 3. The molecular weight excluding hydrogens is 302 g/mol. The van der Waals surface area contributed by atoms with Crippen LogP contribution in [0.4, 0.5) is 0 Å². The van der Waals surface area contributed by atoms with Crippen molar-refractivity contribution in [2.24, 2.45) is 5.92 Å². The van der Waals surface area contributed by atoms with E-state index in [0.29, 0.717) is 24.7 Å². The summed E-state index contributed by atoms with van der Waals surface area (Å²) in [6, 6.07) is 7.34. The molecule has 1 saturated heterocycles. The van der Waals surface area contributed by atoms with Gasteiger partial charge in [0.1, 0.15) is 0 Å². The smallest absolute Gasteiger partial charge is 0.310 e. The summed E-state index contributed by atoms with van der Waals surface area (Å²) in [5, 5.41) is 0.606. The van der Waals surface area contributed by atoms with E-state index in [1.165, 1.54) is 6.08 Å². The average molecular weight is 322 g/mol. The third kappa shape index (κ3) is 4.34. The van der Waals surface area contributed by atoms with Gasteiger partial charge in [-0.25, -0.2) is 0 Å². The highest BCUT2D eigenvalue weighted by Gasteiger charge is 2.28. The number of carbonyl (C=O) groups excluding carboxylic acids is 2. The van der Waals surface area contributed by atoms with Crippen molar-refractivity contribution in [3.63, 3.8) is 0 Å². The Bertz CT molecular complexity index is 571. The van der Waals surface area contributed by atoms with E-state index >= 15 is 0 Å². The molecule has 0 saturated carbocycles. The maximum atomic E-state index is 12.3. The summed E-state index contributed by atoms with van der Waals surface area (Å²) in [6.45, 7) is 3.25. The van der Waals surface area contributed by atoms with Crippen LogP contribution < -0.4 is 0 Å². The highest BCUT2D eigenvalue weighted by atomic mass is 35.5. The minimum absolute atomic E-state index is 0.103. The van der Waals surface area contributed by atoms with Gasteiger partial charge in [0.15, 0.2) is 0 Å². The molecule has 5 heteroatoms. The van der Waals surface area contributed by atoms with Gasteiger partial charge in [-0.1, -0.05) is 29.8 Å². The Morgan fingerprint density at radius 3 is 2.91 bits per heavy atom. The Morgan fingerprint density at radius 1 is 1.41 bits per heavy atom. The molecule has 0 bridgehead atoms. The van der Waals surface area contributed by atoms with Crippen LogP contribution in [0.2, 0.25) is 5.02 Å². The predicted molar refractivity (Wildman–Crippen MR) is 86.4 cm³/mol. The Kier molecular flexibility index (Phi) is 6.01. The first-order valence-electron chi connectivity index (χ1n) is 7.50. The van der Waals surface area contributed by atoms with Crippen molar-refractivity contribution in [2.45, 2.75) is 19.8 Å². The van der Waals surface area contributed by atoms with E-state index in [-0.39, 0.29) is 17.8 Å². The van der Waals surface area contributed by atoms with Crippen molar-refractivity contribution in [1.82, 2.24) is 4.90 Å². The van der Waals surface area contributed by atoms with Crippen LogP contribution in [-0.4, -0.2) is 36.5 Å². The van der Waals surface area contributed by atoms with Crippen LogP contribution >= 0.6 is 11.6 Å². The number of carbonyl (C=O) groups is 2. The highest BCUT2D eigenvalue weighted by molar-refractivity contribution is 6.32. The van der Waals surface area contributed by atoms with Crippen LogP contribution in [0.15, 0.2) is 30.3 Å². The van der Waals surface area contributed by atoms with Gasteiger partial charge >= 0.3 is 5.97 Å². The lowest BCUT2D eigenvalue weighted by Gasteiger charge is -2.30. The van der Waals surface area contributed by atoms with Crippen molar-refractivity contribution in [1.29, 1.82) is 0 Å². The molecule has 4 nitrogen and oxygen atoms in total. The van der Waals surface area contributed by atoms with Gasteiger partial charge in [-0.2, -0.15) is 0 Å². The van der Waals surface area contributed by atoms with Crippen molar-refractivity contribution < 1.29 is 14.3 Å². The molecule has 0 N–H and O–H groups in total. The molecule has 1 atom stereocenters. The van der Waals surface area contributed by atoms with Crippen molar-refractivity contribution in [3.05, 3.63) is 40.9 Å². The summed E-state index contributed by atoms with van der Waals surface area (Å²) in [7, 11) is 0. The SMILES string of the molecule is CCOC(=O)C1CCCN(C(=O)/C=C/c2ccccc2Cl)C1. The zero-order valence-corrected chi connectivity index (χ0v) is 13.4. The molecular formula is C17H20ClNO3. The molecule has 1 aromatic carbocycles. The maximum Gasteiger partial charge on any atom is 0.310 e. The molecule has 0 spiro atoms. The number of benzene rings is 1. The van der Waals surface area contributed by atoms with E-state index in [1.807, 2.05) is 18.2 Å². The molecule has 0 aromatic heterocycles. The van der Waals surface area contributed by atoms with E-state index < -0.39 is 0 Å². The molecule has 2 rings (SSSR count). The van der Waals surface area contributed by atoms with Crippen LogP contribution in [0.25, 0.3) is 6.08 Å². The number of halogens is 1. The molecule has 22 heavy (non-hydrogen) atoms. The van der Waals surface area contributed by atoms with Crippen molar-refractivity contribution >= 4 is 29.6 Å². The third-order valence-corrected chi connectivity index (χ3v) is 4.01. The summed E-state index contributed by atoms with van der Waals surface area (Å²) >= 11 is 6.06. The van der Waals surface area contributed by atoms with Crippen LogP contribution in [0, 0.1) is 5.92 Å². The minimum atomic E-state index is -0.216. The molecule has 1 aliphatic rings. The number of hydrogen-bond donors (Lipinski definition) is 0. The first kappa shape index (κ1) is 16.6. The molecule has 0 aliphatic carbocycles. The monoisotopic (exact) mass is 321 g/mol. The van der Waals surface area contributed by atoms with E-state index in [9.17, 15) is 9.59 Å². The Morgan fingerprint density at radius 2 is 2.18 bits per heavy atom. The maximum absolute atomic E-state index is 12.3. The number of amides is 1. The van der Waals surface area contributed by atoms with Gasteiger partial charge < -0.3 is 9.64 Å². The van der Waals surface area contributed by atoms with Gasteiger partial charge in [0.05, 0.1) is 12.5 Å². The predicted octanol–water partition coefficient (Wildman–Crippen LogP) is 3.15. The first-order valence-corrected chi connectivity index (χ1v) is 7.87. The number of esters is 1. The average Bonchev–Trinajstić information content (AvgIpc) is 2.54. The largest absolute Gasteiger partial charge is 0.466 e. The lowest BCUT2D eigenvalue weighted by molar-refractivity contribution is -0.150. The second-order valence-electron chi connectivity index (χ2n) is 5.23. The zero-order chi connectivity index (χ0) is 15.9. The number of nitrogens with zero attached hydrogens (tertiary/aromatic N) is 1.